The Morgan fingerprint density at radius 1 is 1.50 bits per heavy atom. The molecule has 1 aliphatic rings. The molecule has 2 rings (SSSR count). The van der Waals surface area contributed by atoms with Gasteiger partial charge in [0.15, 0.2) is 0 Å². The van der Waals surface area contributed by atoms with Crippen LogP contribution in [-0.2, 0) is 0 Å². The highest BCUT2D eigenvalue weighted by atomic mass is 35.5. The SMILES string of the molecule is CCCN(CC1CC1)c1cc(Cl)ccc1C(=O)O. The number of carbonyl (C=O) groups is 1. The van der Waals surface area contributed by atoms with Crippen LogP contribution in [0.3, 0.4) is 0 Å². The Hall–Kier alpha value is -1.22. The summed E-state index contributed by atoms with van der Waals surface area (Å²) < 4.78 is 0. The maximum atomic E-state index is 11.3. The van der Waals surface area contributed by atoms with Crippen molar-refractivity contribution in [2.24, 2.45) is 5.92 Å². The van der Waals surface area contributed by atoms with Crippen molar-refractivity contribution in [3.8, 4) is 0 Å². The number of benzene rings is 1. The van der Waals surface area contributed by atoms with Gasteiger partial charge in [-0.15, -0.1) is 0 Å². The summed E-state index contributed by atoms with van der Waals surface area (Å²) in [6, 6.07) is 4.99. The van der Waals surface area contributed by atoms with E-state index in [2.05, 4.69) is 11.8 Å². The number of rotatable bonds is 6. The fourth-order valence-electron chi connectivity index (χ4n) is 2.14. The van der Waals surface area contributed by atoms with E-state index in [0.717, 1.165) is 31.1 Å². The van der Waals surface area contributed by atoms with Gasteiger partial charge < -0.3 is 10.0 Å². The Bertz CT molecular complexity index is 443. The molecule has 1 aromatic carbocycles. The second-order valence-corrected chi connectivity index (χ2v) is 5.29. The minimum absolute atomic E-state index is 0.341. The van der Waals surface area contributed by atoms with Gasteiger partial charge in [0, 0.05) is 18.1 Å². The Kier molecular flexibility index (Phi) is 4.12. The third-order valence-corrected chi connectivity index (χ3v) is 3.44. The highest BCUT2D eigenvalue weighted by Crippen LogP contribution is 2.33. The molecule has 0 spiro atoms. The smallest absolute Gasteiger partial charge is 0.337 e. The predicted molar refractivity (Wildman–Crippen MR) is 73.6 cm³/mol. The van der Waals surface area contributed by atoms with Gasteiger partial charge in [-0.05, 0) is 43.4 Å². The van der Waals surface area contributed by atoms with Crippen LogP contribution in [-0.4, -0.2) is 24.2 Å². The summed E-state index contributed by atoms with van der Waals surface area (Å²) in [5, 5.41) is 9.84. The fraction of sp³-hybridized carbons (Fsp3) is 0.500. The number of carboxylic acids is 1. The van der Waals surface area contributed by atoms with Gasteiger partial charge >= 0.3 is 5.97 Å². The van der Waals surface area contributed by atoms with Gasteiger partial charge in [0.05, 0.1) is 11.3 Å². The molecule has 0 unspecified atom stereocenters. The topological polar surface area (TPSA) is 40.5 Å². The Morgan fingerprint density at radius 3 is 2.78 bits per heavy atom. The normalized spacial score (nSPS) is 14.6. The van der Waals surface area contributed by atoms with Gasteiger partial charge in [-0.3, -0.25) is 0 Å². The number of nitrogens with zero attached hydrogens (tertiary/aromatic N) is 1. The van der Waals surface area contributed by atoms with Gasteiger partial charge in [-0.2, -0.15) is 0 Å². The van der Waals surface area contributed by atoms with E-state index in [9.17, 15) is 9.90 Å². The van der Waals surface area contributed by atoms with Crippen molar-refractivity contribution in [2.75, 3.05) is 18.0 Å². The molecule has 1 saturated carbocycles. The molecule has 0 radical (unpaired) electrons. The zero-order chi connectivity index (χ0) is 13.1. The number of anilines is 1. The first-order valence-corrected chi connectivity index (χ1v) is 6.77. The van der Waals surface area contributed by atoms with Gasteiger partial charge in [-0.1, -0.05) is 18.5 Å². The van der Waals surface area contributed by atoms with Crippen LogP contribution >= 0.6 is 11.6 Å². The first kappa shape index (κ1) is 13.2. The van der Waals surface area contributed by atoms with E-state index in [1.165, 1.54) is 12.8 Å². The molecule has 1 N–H and O–H groups in total. The molecular weight excluding hydrogens is 250 g/mol. The molecular formula is C14H18ClNO2. The van der Waals surface area contributed by atoms with Gasteiger partial charge in [0.2, 0.25) is 0 Å². The summed E-state index contributed by atoms with van der Waals surface area (Å²) in [6.07, 6.45) is 3.50. The van der Waals surface area contributed by atoms with Crippen molar-refractivity contribution in [3.63, 3.8) is 0 Å². The van der Waals surface area contributed by atoms with Crippen LogP contribution in [0.5, 0.6) is 0 Å². The molecule has 3 nitrogen and oxygen atoms in total. The number of carboxylic acid groups (broad SMARTS) is 1. The summed E-state index contributed by atoms with van der Waals surface area (Å²) in [7, 11) is 0. The van der Waals surface area contributed by atoms with E-state index in [1.807, 2.05) is 0 Å². The lowest BCUT2D eigenvalue weighted by Gasteiger charge is -2.26. The molecule has 4 heteroatoms. The molecule has 0 amide bonds. The Morgan fingerprint density at radius 2 is 2.22 bits per heavy atom. The summed E-state index contributed by atoms with van der Waals surface area (Å²) in [5.74, 6) is -0.171. The number of aromatic carboxylic acids is 1. The molecule has 0 saturated heterocycles. The monoisotopic (exact) mass is 267 g/mol. The van der Waals surface area contributed by atoms with Crippen LogP contribution < -0.4 is 4.90 Å². The van der Waals surface area contributed by atoms with Crippen LogP contribution in [0.25, 0.3) is 0 Å². The second kappa shape index (κ2) is 5.61. The molecule has 0 heterocycles. The molecule has 0 atom stereocenters. The van der Waals surface area contributed by atoms with Crippen molar-refractivity contribution in [1.82, 2.24) is 0 Å². The molecule has 1 aliphatic carbocycles. The fourth-order valence-corrected chi connectivity index (χ4v) is 2.31. The maximum Gasteiger partial charge on any atom is 0.337 e. The number of hydrogen-bond donors (Lipinski definition) is 1. The van der Waals surface area contributed by atoms with E-state index in [0.29, 0.717) is 10.6 Å². The van der Waals surface area contributed by atoms with E-state index < -0.39 is 5.97 Å². The van der Waals surface area contributed by atoms with Crippen molar-refractivity contribution in [1.29, 1.82) is 0 Å². The van der Waals surface area contributed by atoms with Gasteiger partial charge in [-0.25, -0.2) is 4.79 Å². The van der Waals surface area contributed by atoms with Crippen LogP contribution in [0.4, 0.5) is 5.69 Å². The molecule has 18 heavy (non-hydrogen) atoms. The predicted octanol–water partition coefficient (Wildman–Crippen LogP) is 3.66. The Labute approximate surface area is 112 Å². The van der Waals surface area contributed by atoms with E-state index >= 15 is 0 Å². The van der Waals surface area contributed by atoms with E-state index in [1.54, 1.807) is 18.2 Å². The average Bonchev–Trinajstić information content (AvgIpc) is 3.12. The third kappa shape index (κ3) is 3.16. The lowest BCUT2D eigenvalue weighted by molar-refractivity contribution is 0.0697. The molecule has 1 aromatic rings. The summed E-state index contributed by atoms with van der Waals surface area (Å²) in [6.45, 7) is 3.91. The van der Waals surface area contributed by atoms with Crippen molar-refractivity contribution >= 4 is 23.3 Å². The van der Waals surface area contributed by atoms with Crippen LogP contribution in [0.15, 0.2) is 18.2 Å². The second-order valence-electron chi connectivity index (χ2n) is 4.86. The van der Waals surface area contributed by atoms with Crippen LogP contribution in [0, 0.1) is 5.92 Å². The van der Waals surface area contributed by atoms with Crippen LogP contribution in [0.1, 0.15) is 36.5 Å². The molecule has 1 fully saturated rings. The third-order valence-electron chi connectivity index (χ3n) is 3.20. The lowest BCUT2D eigenvalue weighted by atomic mass is 10.1. The zero-order valence-corrected chi connectivity index (χ0v) is 11.3. The molecule has 0 bridgehead atoms. The maximum absolute atomic E-state index is 11.3. The minimum Gasteiger partial charge on any atom is -0.478 e. The summed E-state index contributed by atoms with van der Waals surface area (Å²) >= 11 is 6.00. The molecule has 98 valence electrons. The zero-order valence-electron chi connectivity index (χ0n) is 10.5. The highest BCUT2D eigenvalue weighted by Gasteiger charge is 2.26. The van der Waals surface area contributed by atoms with Crippen molar-refractivity contribution < 1.29 is 9.90 Å². The van der Waals surface area contributed by atoms with Crippen molar-refractivity contribution in [3.05, 3.63) is 28.8 Å². The largest absolute Gasteiger partial charge is 0.478 e. The van der Waals surface area contributed by atoms with E-state index in [4.69, 9.17) is 11.6 Å². The van der Waals surface area contributed by atoms with Crippen molar-refractivity contribution in [2.45, 2.75) is 26.2 Å². The summed E-state index contributed by atoms with van der Waals surface area (Å²) in [5.41, 5.74) is 1.09. The van der Waals surface area contributed by atoms with Crippen LogP contribution in [0.2, 0.25) is 5.02 Å². The number of halogens is 1. The highest BCUT2D eigenvalue weighted by molar-refractivity contribution is 6.31. The van der Waals surface area contributed by atoms with Gasteiger partial charge in [0.25, 0.3) is 0 Å². The van der Waals surface area contributed by atoms with E-state index in [-0.39, 0.29) is 0 Å². The quantitative estimate of drug-likeness (QED) is 0.855. The first-order chi connectivity index (χ1) is 8.61. The molecule has 0 aliphatic heterocycles. The molecule has 0 aromatic heterocycles. The standard InChI is InChI=1S/C14H18ClNO2/c1-2-7-16(9-10-3-4-10)13-8-11(15)5-6-12(13)14(17)18/h5-6,8,10H,2-4,7,9H2,1H3,(H,17,18). The Balaban J connectivity index is 2.30. The average molecular weight is 268 g/mol. The lowest BCUT2D eigenvalue weighted by Crippen LogP contribution is -2.28. The minimum atomic E-state index is -0.890. The first-order valence-electron chi connectivity index (χ1n) is 6.39. The number of hydrogen-bond acceptors (Lipinski definition) is 2. The summed E-state index contributed by atoms with van der Waals surface area (Å²) in [4.78, 5) is 13.4. The van der Waals surface area contributed by atoms with Gasteiger partial charge in [0.1, 0.15) is 0 Å².